The molecule has 0 bridgehead atoms. The average molecular weight is 484 g/mol. The van der Waals surface area contributed by atoms with E-state index in [1.807, 2.05) is 0 Å². The Morgan fingerprint density at radius 3 is 2.48 bits per heavy atom. The van der Waals surface area contributed by atoms with Gasteiger partial charge in [0.25, 0.3) is 0 Å². The fourth-order valence-electron chi connectivity index (χ4n) is 3.17. The van der Waals surface area contributed by atoms with Crippen molar-refractivity contribution in [1.82, 2.24) is 39.7 Å². The Labute approximate surface area is 184 Å². The number of alkyl halides is 4. The number of pyridine rings is 2. The van der Waals surface area contributed by atoms with Crippen molar-refractivity contribution in [2.24, 2.45) is 7.05 Å². The molecule has 0 amide bonds. The summed E-state index contributed by atoms with van der Waals surface area (Å²) >= 11 is 0. The van der Waals surface area contributed by atoms with Gasteiger partial charge >= 0.3 is 6.18 Å². The van der Waals surface area contributed by atoms with E-state index in [-0.39, 0.29) is 51.4 Å². The van der Waals surface area contributed by atoms with Gasteiger partial charge in [-0.3, -0.25) is 4.98 Å². The maximum atomic E-state index is 13.1. The maximum absolute atomic E-state index is 13.1. The van der Waals surface area contributed by atoms with Gasteiger partial charge in [0.15, 0.2) is 21.5 Å². The predicted molar refractivity (Wildman–Crippen MR) is 107 cm³/mol. The van der Waals surface area contributed by atoms with E-state index in [0.29, 0.717) is 0 Å². The SMILES string of the molecule is CCS(=O)(=O)c1cc2c(nnn2CCF)nc1-c1nnc(-c2cc(C(F)(F)F)ccn2)n1C. The Kier molecular flexibility index (Phi) is 5.59. The van der Waals surface area contributed by atoms with E-state index in [0.717, 1.165) is 18.3 Å². The lowest BCUT2D eigenvalue weighted by atomic mass is 10.2. The summed E-state index contributed by atoms with van der Waals surface area (Å²) in [6, 6.07) is 2.92. The van der Waals surface area contributed by atoms with Gasteiger partial charge in [-0.1, -0.05) is 12.1 Å². The van der Waals surface area contributed by atoms with Gasteiger partial charge in [-0.2, -0.15) is 13.2 Å². The quantitative estimate of drug-likeness (QED) is 0.383. The minimum absolute atomic E-state index is 0.0288. The average Bonchev–Trinajstić information content (AvgIpc) is 3.35. The molecule has 0 fully saturated rings. The smallest absolute Gasteiger partial charge is 0.307 e. The van der Waals surface area contributed by atoms with Crippen LogP contribution in [0, 0.1) is 0 Å². The van der Waals surface area contributed by atoms with E-state index in [9.17, 15) is 26.0 Å². The fourth-order valence-corrected chi connectivity index (χ4v) is 4.20. The van der Waals surface area contributed by atoms with Crippen LogP contribution in [0.3, 0.4) is 0 Å². The number of aryl methyl sites for hydroxylation is 1. The highest BCUT2D eigenvalue weighted by Crippen LogP contribution is 2.33. The van der Waals surface area contributed by atoms with Crippen molar-refractivity contribution in [2.45, 2.75) is 24.5 Å². The topological polar surface area (TPSA) is 121 Å². The second-order valence-electron chi connectivity index (χ2n) is 6.92. The van der Waals surface area contributed by atoms with E-state index >= 15 is 0 Å². The van der Waals surface area contributed by atoms with Crippen LogP contribution >= 0.6 is 0 Å². The van der Waals surface area contributed by atoms with Gasteiger partial charge in [-0.15, -0.1) is 15.3 Å². The van der Waals surface area contributed by atoms with Crippen molar-refractivity contribution in [1.29, 1.82) is 0 Å². The van der Waals surface area contributed by atoms with E-state index in [4.69, 9.17) is 0 Å². The van der Waals surface area contributed by atoms with Crippen LogP contribution in [0.25, 0.3) is 34.2 Å². The van der Waals surface area contributed by atoms with Gasteiger partial charge in [0.05, 0.1) is 22.8 Å². The van der Waals surface area contributed by atoms with Crippen LogP contribution in [0.2, 0.25) is 0 Å². The molecule has 0 radical (unpaired) electrons. The lowest BCUT2D eigenvalue weighted by Crippen LogP contribution is -2.10. The lowest BCUT2D eigenvalue weighted by molar-refractivity contribution is -0.137. The van der Waals surface area contributed by atoms with Gasteiger partial charge < -0.3 is 4.57 Å². The predicted octanol–water partition coefficient (Wildman–Crippen LogP) is 2.47. The minimum Gasteiger partial charge on any atom is -0.307 e. The Morgan fingerprint density at radius 2 is 1.82 bits per heavy atom. The molecule has 0 atom stereocenters. The van der Waals surface area contributed by atoms with E-state index in [1.165, 1.54) is 29.3 Å². The van der Waals surface area contributed by atoms with Crippen LogP contribution in [0.15, 0.2) is 29.3 Å². The van der Waals surface area contributed by atoms with E-state index in [1.54, 1.807) is 0 Å². The molecule has 0 aliphatic heterocycles. The molecule has 0 aromatic carbocycles. The Bertz CT molecular complexity index is 1450. The second kappa shape index (κ2) is 8.13. The first-order chi connectivity index (χ1) is 15.6. The summed E-state index contributed by atoms with van der Waals surface area (Å²) in [6.07, 6.45) is -3.59. The monoisotopic (exact) mass is 484 g/mol. The third-order valence-corrected chi connectivity index (χ3v) is 6.63. The second-order valence-corrected chi connectivity index (χ2v) is 9.16. The third kappa shape index (κ3) is 4.03. The first-order valence-electron chi connectivity index (χ1n) is 9.53. The van der Waals surface area contributed by atoms with Gasteiger partial charge in [0.1, 0.15) is 23.6 Å². The molecule has 33 heavy (non-hydrogen) atoms. The summed E-state index contributed by atoms with van der Waals surface area (Å²) in [7, 11) is -2.40. The van der Waals surface area contributed by atoms with Crippen molar-refractivity contribution in [2.75, 3.05) is 12.4 Å². The minimum atomic E-state index is -4.58. The number of fused-ring (bicyclic) bond motifs is 1. The zero-order valence-corrected chi connectivity index (χ0v) is 18.1. The van der Waals surface area contributed by atoms with Gasteiger partial charge in [-0.25, -0.2) is 22.5 Å². The number of rotatable bonds is 6. The van der Waals surface area contributed by atoms with E-state index in [2.05, 4.69) is 30.5 Å². The molecule has 10 nitrogen and oxygen atoms in total. The normalized spacial score (nSPS) is 12.5. The Hall–Kier alpha value is -3.49. The largest absolute Gasteiger partial charge is 0.416 e. The van der Waals surface area contributed by atoms with Gasteiger partial charge in [-0.05, 0) is 18.2 Å². The number of halogens is 4. The third-order valence-electron chi connectivity index (χ3n) is 4.89. The molecule has 0 aliphatic rings. The number of nitrogens with zero attached hydrogens (tertiary/aromatic N) is 8. The summed E-state index contributed by atoms with van der Waals surface area (Å²) in [6.45, 7) is 0.556. The molecule has 0 saturated carbocycles. The van der Waals surface area contributed by atoms with Crippen LogP contribution in [0.1, 0.15) is 12.5 Å². The van der Waals surface area contributed by atoms with Gasteiger partial charge in [0, 0.05) is 13.2 Å². The highest BCUT2D eigenvalue weighted by molar-refractivity contribution is 7.91. The summed E-state index contributed by atoms with van der Waals surface area (Å²) in [4.78, 5) is 7.99. The molecular formula is C18H16F4N8O2S. The highest BCUT2D eigenvalue weighted by atomic mass is 32.2. The standard InChI is InChI=1S/C18H16F4N8O2S/c1-3-33(31,32)13-9-12-15(25-28-30(12)7-5-19)24-14(13)17-27-26-16(29(17)2)11-8-10(4-6-23-11)18(20,21)22/h4,6,8-9H,3,5,7H2,1-2H3. The Balaban J connectivity index is 1.92. The molecule has 4 rings (SSSR count). The van der Waals surface area contributed by atoms with Crippen molar-refractivity contribution in [3.8, 4) is 23.0 Å². The summed E-state index contributed by atoms with van der Waals surface area (Å²) in [5.41, 5.74) is -0.873. The fraction of sp³-hybridized carbons (Fsp3) is 0.333. The highest BCUT2D eigenvalue weighted by Gasteiger charge is 2.32. The van der Waals surface area contributed by atoms with Crippen LogP contribution in [0.4, 0.5) is 17.6 Å². The van der Waals surface area contributed by atoms with E-state index < -0.39 is 28.3 Å². The van der Waals surface area contributed by atoms with Crippen LogP contribution < -0.4 is 0 Å². The molecule has 0 spiro atoms. The van der Waals surface area contributed by atoms with Crippen LogP contribution in [0.5, 0.6) is 0 Å². The molecule has 174 valence electrons. The summed E-state index contributed by atoms with van der Waals surface area (Å²) in [5.74, 6) is -0.324. The van der Waals surface area contributed by atoms with Crippen LogP contribution in [-0.4, -0.2) is 60.6 Å². The summed E-state index contributed by atoms with van der Waals surface area (Å²) in [5, 5.41) is 15.5. The van der Waals surface area contributed by atoms with Gasteiger partial charge in [0.2, 0.25) is 5.65 Å². The lowest BCUT2D eigenvalue weighted by Gasteiger charge is -2.10. The number of sulfone groups is 1. The molecule has 4 aromatic rings. The molecule has 0 N–H and O–H groups in total. The zero-order chi connectivity index (χ0) is 24.0. The summed E-state index contributed by atoms with van der Waals surface area (Å²) < 4.78 is 80.2. The van der Waals surface area contributed by atoms with Crippen molar-refractivity contribution < 1.29 is 26.0 Å². The van der Waals surface area contributed by atoms with Crippen LogP contribution in [-0.2, 0) is 29.6 Å². The number of hydrogen-bond donors (Lipinski definition) is 0. The maximum Gasteiger partial charge on any atom is 0.416 e. The molecule has 15 heteroatoms. The van der Waals surface area contributed by atoms with Crippen molar-refractivity contribution in [3.05, 3.63) is 30.0 Å². The molecule has 4 aromatic heterocycles. The first-order valence-corrected chi connectivity index (χ1v) is 11.2. The molecule has 0 saturated heterocycles. The number of aromatic nitrogens is 8. The number of hydrogen-bond acceptors (Lipinski definition) is 8. The zero-order valence-electron chi connectivity index (χ0n) is 17.2. The Morgan fingerprint density at radius 1 is 1.09 bits per heavy atom. The first kappa shape index (κ1) is 22.7. The molecule has 0 aliphatic carbocycles. The molecule has 4 heterocycles. The van der Waals surface area contributed by atoms with Crippen molar-refractivity contribution >= 4 is 21.0 Å². The van der Waals surface area contributed by atoms with Crippen molar-refractivity contribution in [3.63, 3.8) is 0 Å². The molecular weight excluding hydrogens is 468 g/mol. The molecule has 0 unspecified atom stereocenters.